The zero-order valence-electron chi connectivity index (χ0n) is 12.8. The number of fused-ring (bicyclic) bond motifs is 3. The molecule has 1 radical (unpaired) electrons. The van der Waals surface area contributed by atoms with Crippen LogP contribution in [0.15, 0.2) is 24.4 Å². The van der Waals surface area contributed by atoms with Gasteiger partial charge in [-0.3, -0.25) is 14.7 Å². The molecular weight excluding hydrogens is 294 g/mol. The van der Waals surface area contributed by atoms with Gasteiger partial charge < -0.3 is 4.74 Å². The first kappa shape index (κ1) is 14.0. The molecule has 1 aromatic heterocycles. The maximum atomic E-state index is 12.4. The highest BCUT2D eigenvalue weighted by Gasteiger charge is 2.38. The van der Waals surface area contributed by atoms with E-state index < -0.39 is 11.9 Å². The molecule has 6 heteroatoms. The lowest BCUT2D eigenvalue weighted by Gasteiger charge is -2.33. The highest BCUT2D eigenvalue weighted by Crippen LogP contribution is 2.39. The standard InChI is InChI=1S/C17H16N3O3/c1-23-13-8-4-7-11-14(13)18-9-12-15(11)20(10-5-2-3-6-10)17(22)19-16(12)21/h4,7-10H,2-3,5-6H2,1H3. The van der Waals surface area contributed by atoms with Crippen LogP contribution in [-0.4, -0.2) is 30.1 Å². The third-order valence-corrected chi connectivity index (χ3v) is 4.62. The Morgan fingerprint density at radius 3 is 2.74 bits per heavy atom. The minimum absolute atomic E-state index is 0.0925. The van der Waals surface area contributed by atoms with Crippen LogP contribution in [0.4, 0.5) is 10.5 Å². The van der Waals surface area contributed by atoms with Gasteiger partial charge in [-0.15, -0.1) is 0 Å². The number of aromatic nitrogens is 1. The predicted octanol–water partition coefficient (Wildman–Crippen LogP) is 2.87. The number of anilines is 1. The van der Waals surface area contributed by atoms with Crippen LogP contribution >= 0.6 is 0 Å². The SMILES string of the molecule is COc1cccc2c3c(cnc12)C(=O)[N]C(=O)N3C1CCCC1. The second-order valence-electron chi connectivity index (χ2n) is 5.88. The van der Waals surface area contributed by atoms with Crippen LogP contribution in [0.25, 0.3) is 10.9 Å². The molecule has 4 rings (SSSR count). The summed E-state index contributed by atoms with van der Waals surface area (Å²) in [5, 5.41) is 4.43. The van der Waals surface area contributed by atoms with Gasteiger partial charge in [0.25, 0.3) is 5.91 Å². The van der Waals surface area contributed by atoms with Crippen LogP contribution in [0.2, 0.25) is 0 Å². The van der Waals surface area contributed by atoms with Crippen molar-refractivity contribution < 1.29 is 14.3 Å². The topological polar surface area (TPSA) is 73.6 Å². The third-order valence-electron chi connectivity index (χ3n) is 4.62. The second-order valence-corrected chi connectivity index (χ2v) is 5.88. The van der Waals surface area contributed by atoms with Crippen molar-refractivity contribution in [1.82, 2.24) is 10.3 Å². The van der Waals surface area contributed by atoms with Gasteiger partial charge in [0, 0.05) is 17.6 Å². The van der Waals surface area contributed by atoms with E-state index >= 15 is 0 Å². The smallest absolute Gasteiger partial charge is 0.351 e. The zero-order chi connectivity index (χ0) is 16.0. The molecule has 0 N–H and O–H groups in total. The molecule has 2 aromatic rings. The summed E-state index contributed by atoms with van der Waals surface area (Å²) in [5.41, 5.74) is 1.67. The molecule has 1 saturated carbocycles. The highest BCUT2D eigenvalue weighted by atomic mass is 16.5. The Morgan fingerprint density at radius 1 is 1.22 bits per heavy atom. The molecule has 1 aliphatic carbocycles. The minimum Gasteiger partial charge on any atom is -0.494 e. The van der Waals surface area contributed by atoms with Gasteiger partial charge >= 0.3 is 6.03 Å². The molecule has 3 amide bonds. The van der Waals surface area contributed by atoms with Gasteiger partial charge in [0.05, 0.1) is 18.4 Å². The molecule has 0 unspecified atom stereocenters. The molecule has 1 fully saturated rings. The number of carbonyl (C=O) groups excluding carboxylic acids is 2. The molecule has 117 valence electrons. The summed E-state index contributed by atoms with van der Waals surface area (Å²) >= 11 is 0. The number of benzene rings is 1. The van der Waals surface area contributed by atoms with Crippen molar-refractivity contribution >= 4 is 28.5 Å². The predicted molar refractivity (Wildman–Crippen MR) is 84.9 cm³/mol. The molecule has 2 heterocycles. The summed E-state index contributed by atoms with van der Waals surface area (Å²) in [7, 11) is 1.58. The van der Waals surface area contributed by atoms with E-state index in [0.29, 0.717) is 22.5 Å². The second kappa shape index (κ2) is 5.22. The fourth-order valence-electron chi connectivity index (χ4n) is 3.56. The van der Waals surface area contributed by atoms with Crippen LogP contribution in [0, 0.1) is 0 Å². The Balaban J connectivity index is 2.00. The zero-order valence-corrected chi connectivity index (χ0v) is 12.8. The number of rotatable bonds is 2. The maximum absolute atomic E-state index is 12.4. The van der Waals surface area contributed by atoms with Gasteiger partial charge in [-0.1, -0.05) is 25.0 Å². The van der Waals surface area contributed by atoms with Crippen molar-refractivity contribution in [1.29, 1.82) is 0 Å². The number of methoxy groups -OCH3 is 1. The maximum Gasteiger partial charge on any atom is 0.351 e. The van der Waals surface area contributed by atoms with Gasteiger partial charge in [0.1, 0.15) is 11.3 Å². The lowest BCUT2D eigenvalue weighted by Crippen LogP contribution is -2.48. The van der Waals surface area contributed by atoms with E-state index in [1.54, 1.807) is 12.0 Å². The Kier molecular flexibility index (Phi) is 3.18. The summed E-state index contributed by atoms with van der Waals surface area (Å²) in [6.07, 6.45) is 5.54. The lowest BCUT2D eigenvalue weighted by molar-refractivity contribution is 0.0956. The summed E-state index contributed by atoms with van der Waals surface area (Å²) < 4.78 is 5.36. The van der Waals surface area contributed by atoms with Gasteiger partial charge in [0.2, 0.25) is 0 Å². The normalized spacial score (nSPS) is 18.2. The van der Waals surface area contributed by atoms with Gasteiger partial charge in [-0.25, -0.2) is 4.79 Å². The number of para-hydroxylation sites is 1. The van der Waals surface area contributed by atoms with Crippen LogP contribution in [0.5, 0.6) is 5.75 Å². The molecule has 2 aliphatic rings. The molecule has 23 heavy (non-hydrogen) atoms. The number of urea groups is 1. The van der Waals surface area contributed by atoms with Crippen molar-refractivity contribution in [2.24, 2.45) is 0 Å². The van der Waals surface area contributed by atoms with E-state index in [0.717, 1.165) is 31.1 Å². The highest BCUT2D eigenvalue weighted by molar-refractivity contribution is 6.21. The Hall–Kier alpha value is -2.63. The van der Waals surface area contributed by atoms with E-state index in [2.05, 4.69) is 10.3 Å². The van der Waals surface area contributed by atoms with Crippen molar-refractivity contribution in [3.05, 3.63) is 30.0 Å². The largest absolute Gasteiger partial charge is 0.494 e. The summed E-state index contributed by atoms with van der Waals surface area (Å²) in [5.74, 6) is 0.107. The van der Waals surface area contributed by atoms with Crippen LogP contribution in [-0.2, 0) is 0 Å². The number of hydrogen-bond acceptors (Lipinski definition) is 4. The molecule has 1 aromatic carbocycles. The lowest BCUT2D eigenvalue weighted by atomic mass is 10.0. The first-order chi connectivity index (χ1) is 11.2. The number of carbonyl (C=O) groups is 2. The van der Waals surface area contributed by atoms with E-state index in [1.165, 1.54) is 6.20 Å². The first-order valence-electron chi connectivity index (χ1n) is 7.75. The Morgan fingerprint density at radius 2 is 2.00 bits per heavy atom. The van der Waals surface area contributed by atoms with Crippen LogP contribution < -0.4 is 15.0 Å². The molecule has 0 bridgehead atoms. The number of nitrogens with zero attached hydrogens (tertiary/aromatic N) is 3. The van der Waals surface area contributed by atoms with Crippen molar-refractivity contribution in [3.63, 3.8) is 0 Å². The van der Waals surface area contributed by atoms with Crippen molar-refractivity contribution in [2.45, 2.75) is 31.7 Å². The third kappa shape index (κ3) is 2.05. The number of amides is 3. The fourth-order valence-corrected chi connectivity index (χ4v) is 3.56. The van der Waals surface area contributed by atoms with E-state index in [-0.39, 0.29) is 6.04 Å². The van der Waals surface area contributed by atoms with Gasteiger partial charge in [-0.05, 0) is 18.9 Å². The Labute approximate surface area is 133 Å². The van der Waals surface area contributed by atoms with E-state index in [4.69, 9.17) is 4.74 Å². The average molecular weight is 310 g/mol. The summed E-state index contributed by atoms with van der Waals surface area (Å²) in [6, 6.07) is 5.16. The monoisotopic (exact) mass is 310 g/mol. The molecule has 0 atom stereocenters. The summed E-state index contributed by atoms with van der Waals surface area (Å²) in [4.78, 5) is 30.7. The van der Waals surface area contributed by atoms with Crippen LogP contribution in [0.1, 0.15) is 36.0 Å². The Bertz CT molecular complexity index is 812. The molecule has 0 spiro atoms. The number of pyridine rings is 1. The summed E-state index contributed by atoms with van der Waals surface area (Å²) in [6.45, 7) is 0. The number of ether oxygens (including phenoxy) is 1. The molecule has 0 saturated heterocycles. The molecule has 6 nitrogen and oxygen atoms in total. The van der Waals surface area contributed by atoms with Gasteiger partial charge in [0.15, 0.2) is 0 Å². The van der Waals surface area contributed by atoms with Gasteiger partial charge in [-0.2, -0.15) is 5.32 Å². The number of hydrogen-bond donors (Lipinski definition) is 0. The van der Waals surface area contributed by atoms with E-state index in [1.807, 2.05) is 18.2 Å². The number of imide groups is 1. The fraction of sp³-hybridized carbons (Fsp3) is 0.353. The molecule has 1 aliphatic heterocycles. The van der Waals surface area contributed by atoms with Crippen LogP contribution in [0.3, 0.4) is 0 Å². The van der Waals surface area contributed by atoms with E-state index in [9.17, 15) is 9.59 Å². The molecular formula is C17H16N3O3. The first-order valence-corrected chi connectivity index (χ1v) is 7.75. The van der Waals surface area contributed by atoms with Crippen molar-refractivity contribution in [3.8, 4) is 5.75 Å². The van der Waals surface area contributed by atoms with Crippen molar-refractivity contribution in [2.75, 3.05) is 12.0 Å². The minimum atomic E-state index is -0.517. The quantitative estimate of drug-likeness (QED) is 0.855. The average Bonchev–Trinajstić information content (AvgIpc) is 3.08.